The Bertz CT molecular complexity index is 403. The maximum absolute atomic E-state index is 10.5. The lowest BCUT2D eigenvalue weighted by Gasteiger charge is -2.08. The van der Waals surface area contributed by atoms with Gasteiger partial charge >= 0.3 is 0 Å². The number of nitrogens with zero attached hydrogens (tertiary/aromatic N) is 2. The van der Waals surface area contributed by atoms with E-state index in [1.54, 1.807) is 7.11 Å². The van der Waals surface area contributed by atoms with E-state index in [-0.39, 0.29) is 5.69 Å². The van der Waals surface area contributed by atoms with E-state index in [0.717, 1.165) is 13.1 Å². The van der Waals surface area contributed by atoms with E-state index in [2.05, 4.69) is 31.5 Å². The van der Waals surface area contributed by atoms with E-state index in [1.165, 1.54) is 12.3 Å². The van der Waals surface area contributed by atoms with Crippen molar-refractivity contribution in [3.8, 4) is 0 Å². The largest absolute Gasteiger partial charge is 0.383 e. The third-order valence-corrected chi connectivity index (χ3v) is 2.72. The summed E-state index contributed by atoms with van der Waals surface area (Å²) in [5, 5.41) is 16.8. The van der Waals surface area contributed by atoms with Crippen molar-refractivity contribution in [3.05, 3.63) is 26.9 Å². The van der Waals surface area contributed by atoms with Gasteiger partial charge in [-0.1, -0.05) is 0 Å². The Morgan fingerprint density at radius 2 is 2.28 bits per heavy atom. The molecule has 0 aromatic carbocycles. The van der Waals surface area contributed by atoms with Crippen molar-refractivity contribution >= 4 is 27.4 Å². The molecular weight excluding hydrogens is 304 g/mol. The normalized spacial score (nSPS) is 10.3. The monoisotopic (exact) mass is 318 g/mol. The number of methoxy groups -OCH3 is 1. The van der Waals surface area contributed by atoms with Crippen LogP contribution < -0.4 is 10.6 Å². The molecule has 0 fully saturated rings. The van der Waals surface area contributed by atoms with Crippen LogP contribution in [0.2, 0.25) is 0 Å². The number of halogens is 1. The summed E-state index contributed by atoms with van der Waals surface area (Å²) in [6, 6.07) is 1.42. The van der Waals surface area contributed by atoms with E-state index in [9.17, 15) is 10.1 Å². The Hall–Kier alpha value is -1.25. The van der Waals surface area contributed by atoms with Crippen molar-refractivity contribution in [3.63, 3.8) is 0 Å². The van der Waals surface area contributed by atoms with Gasteiger partial charge in [-0.3, -0.25) is 10.1 Å². The van der Waals surface area contributed by atoms with Gasteiger partial charge < -0.3 is 15.4 Å². The van der Waals surface area contributed by atoms with Crippen LogP contribution in [0.1, 0.15) is 0 Å². The number of hydrogen-bond acceptors (Lipinski definition) is 6. The van der Waals surface area contributed by atoms with Gasteiger partial charge in [-0.15, -0.1) is 0 Å². The molecule has 0 aliphatic carbocycles. The Morgan fingerprint density at radius 3 is 2.89 bits per heavy atom. The average molecular weight is 319 g/mol. The molecule has 0 aliphatic rings. The van der Waals surface area contributed by atoms with Gasteiger partial charge in [0.15, 0.2) is 0 Å². The number of rotatable bonds is 8. The summed E-state index contributed by atoms with van der Waals surface area (Å²) in [6.45, 7) is 2.88. The molecule has 18 heavy (non-hydrogen) atoms. The number of aromatic nitrogens is 1. The molecule has 0 radical (unpaired) electrons. The molecule has 1 heterocycles. The molecule has 0 saturated carbocycles. The summed E-state index contributed by atoms with van der Waals surface area (Å²) < 4.78 is 5.47. The second kappa shape index (κ2) is 7.96. The number of ether oxygens (including phenoxy) is 1. The molecule has 0 bridgehead atoms. The van der Waals surface area contributed by atoms with Gasteiger partial charge in [0.1, 0.15) is 12.0 Å². The fourth-order valence-electron chi connectivity index (χ4n) is 1.23. The van der Waals surface area contributed by atoms with Gasteiger partial charge in [-0.2, -0.15) is 0 Å². The maximum Gasteiger partial charge on any atom is 0.288 e. The fourth-order valence-corrected chi connectivity index (χ4v) is 1.70. The molecule has 8 heteroatoms. The van der Waals surface area contributed by atoms with Crippen LogP contribution >= 0.6 is 15.9 Å². The number of nitrogens with one attached hydrogen (secondary N) is 2. The zero-order chi connectivity index (χ0) is 13.4. The predicted molar refractivity (Wildman–Crippen MR) is 71.8 cm³/mol. The molecule has 1 aromatic heterocycles. The highest BCUT2D eigenvalue weighted by Crippen LogP contribution is 2.23. The zero-order valence-corrected chi connectivity index (χ0v) is 11.6. The van der Waals surface area contributed by atoms with Gasteiger partial charge in [0.25, 0.3) is 5.69 Å². The van der Waals surface area contributed by atoms with Crippen LogP contribution in [-0.4, -0.2) is 43.3 Å². The van der Waals surface area contributed by atoms with Gasteiger partial charge in [0, 0.05) is 32.8 Å². The summed E-state index contributed by atoms with van der Waals surface area (Å²) in [7, 11) is 1.65. The van der Waals surface area contributed by atoms with E-state index in [0.29, 0.717) is 23.4 Å². The Morgan fingerprint density at radius 1 is 1.50 bits per heavy atom. The average Bonchev–Trinajstić information content (AvgIpc) is 2.35. The first kappa shape index (κ1) is 14.8. The molecule has 0 spiro atoms. The second-order valence-corrected chi connectivity index (χ2v) is 4.30. The van der Waals surface area contributed by atoms with Crippen LogP contribution in [0.5, 0.6) is 0 Å². The van der Waals surface area contributed by atoms with Crippen LogP contribution in [0.3, 0.4) is 0 Å². The Labute approximate surface area is 113 Å². The number of nitro groups is 1. The van der Waals surface area contributed by atoms with Crippen LogP contribution in [0.4, 0.5) is 11.5 Å². The predicted octanol–water partition coefficient (Wildman–Crippen LogP) is 1.40. The molecule has 0 aliphatic heterocycles. The molecular formula is C10H15BrN4O3. The first-order valence-electron chi connectivity index (χ1n) is 5.38. The highest BCUT2D eigenvalue weighted by atomic mass is 79.9. The van der Waals surface area contributed by atoms with E-state index < -0.39 is 4.92 Å². The minimum atomic E-state index is -0.478. The van der Waals surface area contributed by atoms with Crippen molar-refractivity contribution in [2.75, 3.05) is 38.7 Å². The quantitative estimate of drug-likeness (QED) is 0.428. The van der Waals surface area contributed by atoms with Gasteiger partial charge in [0.2, 0.25) is 0 Å². The number of anilines is 1. The van der Waals surface area contributed by atoms with E-state index in [1.807, 2.05) is 0 Å². The summed E-state index contributed by atoms with van der Waals surface area (Å²) in [6.07, 6.45) is 1.23. The lowest BCUT2D eigenvalue weighted by Crippen LogP contribution is -2.25. The maximum atomic E-state index is 10.5. The molecule has 0 saturated heterocycles. The molecule has 0 amide bonds. The van der Waals surface area contributed by atoms with Crippen LogP contribution in [0.25, 0.3) is 0 Å². The minimum absolute atomic E-state index is 0.0364. The van der Waals surface area contributed by atoms with E-state index in [4.69, 9.17) is 4.74 Å². The van der Waals surface area contributed by atoms with Crippen molar-refractivity contribution in [2.45, 2.75) is 0 Å². The lowest BCUT2D eigenvalue weighted by molar-refractivity contribution is -0.385. The molecule has 2 N–H and O–H groups in total. The van der Waals surface area contributed by atoms with Crippen molar-refractivity contribution in [1.82, 2.24) is 10.3 Å². The first-order chi connectivity index (χ1) is 8.65. The highest BCUT2D eigenvalue weighted by molar-refractivity contribution is 9.10. The van der Waals surface area contributed by atoms with Gasteiger partial charge in [0.05, 0.1) is 16.0 Å². The van der Waals surface area contributed by atoms with Crippen LogP contribution in [0.15, 0.2) is 16.7 Å². The third-order valence-electron chi connectivity index (χ3n) is 2.11. The zero-order valence-electron chi connectivity index (χ0n) is 9.98. The second-order valence-electron chi connectivity index (χ2n) is 3.45. The van der Waals surface area contributed by atoms with Crippen molar-refractivity contribution < 1.29 is 9.66 Å². The van der Waals surface area contributed by atoms with Gasteiger partial charge in [-0.25, -0.2) is 4.98 Å². The minimum Gasteiger partial charge on any atom is -0.383 e. The summed E-state index contributed by atoms with van der Waals surface area (Å²) >= 11 is 3.24. The standard InChI is InChI=1S/C10H15BrN4O3/c1-18-5-4-12-2-3-13-10-9(11)6-8(7-14-10)15(16)17/h6-7,12H,2-5H2,1H3,(H,13,14). The van der Waals surface area contributed by atoms with Crippen LogP contribution in [0, 0.1) is 10.1 Å². The molecule has 7 nitrogen and oxygen atoms in total. The van der Waals surface area contributed by atoms with Crippen molar-refractivity contribution in [2.24, 2.45) is 0 Å². The third kappa shape index (κ3) is 4.94. The molecule has 1 rings (SSSR count). The first-order valence-corrected chi connectivity index (χ1v) is 6.18. The Balaban J connectivity index is 2.36. The number of pyridine rings is 1. The Kier molecular flexibility index (Phi) is 6.55. The van der Waals surface area contributed by atoms with Gasteiger partial charge in [-0.05, 0) is 15.9 Å². The van der Waals surface area contributed by atoms with Crippen LogP contribution in [-0.2, 0) is 4.74 Å². The summed E-state index contributed by atoms with van der Waals surface area (Å²) in [5.41, 5.74) is -0.0364. The topological polar surface area (TPSA) is 89.3 Å². The lowest BCUT2D eigenvalue weighted by atomic mass is 10.4. The molecule has 100 valence electrons. The van der Waals surface area contributed by atoms with Crippen molar-refractivity contribution in [1.29, 1.82) is 0 Å². The van der Waals surface area contributed by atoms with E-state index >= 15 is 0 Å². The smallest absolute Gasteiger partial charge is 0.288 e. The molecule has 0 atom stereocenters. The molecule has 1 aromatic rings. The molecule has 0 unspecified atom stereocenters. The highest BCUT2D eigenvalue weighted by Gasteiger charge is 2.09. The SMILES string of the molecule is COCCNCCNc1ncc([N+](=O)[O-])cc1Br. The fraction of sp³-hybridized carbons (Fsp3) is 0.500. The summed E-state index contributed by atoms with van der Waals surface area (Å²) in [5.74, 6) is 0.592. The summed E-state index contributed by atoms with van der Waals surface area (Å²) in [4.78, 5) is 14.0. The number of hydrogen-bond donors (Lipinski definition) is 2.